The van der Waals surface area contributed by atoms with Crippen molar-refractivity contribution in [3.05, 3.63) is 52.3 Å². The largest absolute Gasteiger partial charge is 0.384 e. The molecule has 2 aromatic rings. The third-order valence-corrected chi connectivity index (χ3v) is 3.64. The molecule has 1 amide bonds. The molecular formula is C17H20BrN3O. The zero-order valence-corrected chi connectivity index (χ0v) is 14.6. The maximum Gasteiger partial charge on any atom is 0.274 e. The number of hydrogen-bond donors (Lipinski definition) is 2. The van der Waals surface area contributed by atoms with Crippen molar-refractivity contribution >= 4 is 33.2 Å². The number of anilines is 2. The maximum absolute atomic E-state index is 12.2. The van der Waals surface area contributed by atoms with Crippen molar-refractivity contribution in [1.29, 1.82) is 0 Å². The molecule has 1 heterocycles. The molecule has 0 fully saturated rings. The molecule has 1 aromatic heterocycles. The summed E-state index contributed by atoms with van der Waals surface area (Å²) in [7, 11) is 0. The maximum atomic E-state index is 12.2. The van der Waals surface area contributed by atoms with E-state index in [-0.39, 0.29) is 5.91 Å². The molecule has 116 valence electrons. The van der Waals surface area contributed by atoms with E-state index >= 15 is 0 Å². The van der Waals surface area contributed by atoms with E-state index in [1.54, 1.807) is 12.3 Å². The topological polar surface area (TPSA) is 54.0 Å². The van der Waals surface area contributed by atoms with Crippen molar-refractivity contribution in [3.8, 4) is 0 Å². The summed E-state index contributed by atoms with van der Waals surface area (Å²) in [5.74, 6) is 0.351. The fourth-order valence-electron chi connectivity index (χ4n) is 1.91. The Hall–Kier alpha value is -1.88. The van der Waals surface area contributed by atoms with Gasteiger partial charge in [0.05, 0.1) is 11.9 Å². The second-order valence-electron chi connectivity index (χ2n) is 5.62. The minimum atomic E-state index is -0.208. The first-order valence-electron chi connectivity index (χ1n) is 7.23. The number of rotatable bonds is 5. The predicted octanol–water partition coefficient (Wildman–Crippen LogP) is 4.47. The molecular weight excluding hydrogens is 342 g/mol. The van der Waals surface area contributed by atoms with Crippen LogP contribution in [0.15, 0.2) is 41.0 Å². The van der Waals surface area contributed by atoms with Crippen LogP contribution in [0.3, 0.4) is 0 Å². The van der Waals surface area contributed by atoms with Gasteiger partial charge < -0.3 is 10.6 Å². The summed E-state index contributed by atoms with van der Waals surface area (Å²) in [6, 6.07) is 9.33. The van der Waals surface area contributed by atoms with Crippen LogP contribution in [-0.4, -0.2) is 17.4 Å². The Balaban J connectivity index is 2.03. The molecule has 22 heavy (non-hydrogen) atoms. The highest BCUT2D eigenvalue weighted by molar-refractivity contribution is 9.10. The second-order valence-corrected chi connectivity index (χ2v) is 6.54. The van der Waals surface area contributed by atoms with Crippen LogP contribution < -0.4 is 10.6 Å². The molecule has 4 nitrogen and oxygen atoms in total. The molecule has 2 N–H and O–H groups in total. The third kappa shape index (κ3) is 4.56. The van der Waals surface area contributed by atoms with Gasteiger partial charge in [-0.1, -0.05) is 29.8 Å². The summed E-state index contributed by atoms with van der Waals surface area (Å²) in [5.41, 5.74) is 3.11. The van der Waals surface area contributed by atoms with Gasteiger partial charge in [-0.05, 0) is 48.7 Å². The molecule has 1 aromatic carbocycles. The summed E-state index contributed by atoms with van der Waals surface area (Å²) in [4.78, 5) is 16.4. The molecule has 0 radical (unpaired) electrons. The fourth-order valence-corrected chi connectivity index (χ4v) is 2.38. The van der Waals surface area contributed by atoms with Crippen LogP contribution in [0.25, 0.3) is 0 Å². The molecule has 0 saturated carbocycles. The normalized spacial score (nSPS) is 10.6. The molecule has 2 rings (SSSR count). The lowest BCUT2D eigenvalue weighted by Crippen LogP contribution is -2.15. The highest BCUT2D eigenvalue weighted by atomic mass is 79.9. The monoisotopic (exact) mass is 361 g/mol. The summed E-state index contributed by atoms with van der Waals surface area (Å²) < 4.78 is 0.988. The molecule has 0 aliphatic rings. The van der Waals surface area contributed by atoms with E-state index in [0.717, 1.165) is 28.0 Å². The van der Waals surface area contributed by atoms with Crippen LogP contribution in [0, 0.1) is 12.8 Å². The highest BCUT2D eigenvalue weighted by Crippen LogP contribution is 2.20. The predicted molar refractivity (Wildman–Crippen MR) is 94.4 cm³/mol. The summed E-state index contributed by atoms with van der Waals surface area (Å²) in [5, 5.41) is 6.16. The summed E-state index contributed by atoms with van der Waals surface area (Å²) in [6.07, 6.45) is 1.69. The number of aromatic nitrogens is 1. The van der Waals surface area contributed by atoms with Crippen molar-refractivity contribution in [1.82, 2.24) is 4.98 Å². The number of halogens is 1. The van der Waals surface area contributed by atoms with E-state index in [1.807, 2.05) is 31.2 Å². The molecule has 0 aliphatic heterocycles. The van der Waals surface area contributed by atoms with E-state index in [1.165, 1.54) is 0 Å². The highest BCUT2D eigenvalue weighted by Gasteiger charge is 2.09. The quantitative estimate of drug-likeness (QED) is 0.825. The Morgan fingerprint density at radius 2 is 2.05 bits per heavy atom. The molecule has 0 unspecified atom stereocenters. The van der Waals surface area contributed by atoms with Crippen molar-refractivity contribution in [2.75, 3.05) is 17.2 Å². The van der Waals surface area contributed by atoms with Gasteiger partial charge in [-0.25, -0.2) is 4.98 Å². The van der Waals surface area contributed by atoms with Gasteiger partial charge in [-0.2, -0.15) is 0 Å². The van der Waals surface area contributed by atoms with Crippen LogP contribution >= 0.6 is 15.9 Å². The van der Waals surface area contributed by atoms with Gasteiger partial charge in [0.25, 0.3) is 5.91 Å². The number of nitrogens with one attached hydrogen (secondary N) is 2. The first kappa shape index (κ1) is 16.5. The van der Waals surface area contributed by atoms with Gasteiger partial charge in [0.1, 0.15) is 5.69 Å². The van der Waals surface area contributed by atoms with Gasteiger partial charge in [-0.15, -0.1) is 0 Å². The van der Waals surface area contributed by atoms with E-state index in [4.69, 9.17) is 0 Å². The van der Waals surface area contributed by atoms with E-state index in [0.29, 0.717) is 11.6 Å². The Kier molecular flexibility index (Phi) is 5.55. The molecule has 0 aliphatic carbocycles. The van der Waals surface area contributed by atoms with Gasteiger partial charge in [0.2, 0.25) is 0 Å². The molecule has 0 bridgehead atoms. The molecule has 0 atom stereocenters. The first-order chi connectivity index (χ1) is 10.5. The van der Waals surface area contributed by atoms with E-state index in [2.05, 4.69) is 45.4 Å². The average Bonchev–Trinajstić information content (AvgIpc) is 2.48. The fraction of sp³-hybridized carbons (Fsp3) is 0.294. The summed E-state index contributed by atoms with van der Waals surface area (Å²) in [6.45, 7) is 7.11. The first-order valence-corrected chi connectivity index (χ1v) is 8.02. The third-order valence-electron chi connectivity index (χ3n) is 3.15. The van der Waals surface area contributed by atoms with Crippen molar-refractivity contribution in [3.63, 3.8) is 0 Å². The van der Waals surface area contributed by atoms with Crippen LogP contribution in [0.4, 0.5) is 11.4 Å². The van der Waals surface area contributed by atoms with Crippen LogP contribution in [0.2, 0.25) is 0 Å². The molecule has 0 saturated heterocycles. The number of benzene rings is 1. The summed E-state index contributed by atoms with van der Waals surface area (Å²) >= 11 is 3.41. The Bertz CT molecular complexity index is 653. The number of hydrogen-bond acceptors (Lipinski definition) is 3. The zero-order valence-electron chi connectivity index (χ0n) is 13.0. The number of pyridine rings is 1. The smallest absolute Gasteiger partial charge is 0.274 e. The Morgan fingerprint density at radius 1 is 1.27 bits per heavy atom. The second kappa shape index (κ2) is 7.40. The Labute approximate surface area is 139 Å². The zero-order chi connectivity index (χ0) is 16.1. The molecule has 5 heteroatoms. The van der Waals surface area contributed by atoms with Gasteiger partial charge in [0.15, 0.2) is 0 Å². The minimum Gasteiger partial charge on any atom is -0.384 e. The van der Waals surface area contributed by atoms with Crippen molar-refractivity contribution < 1.29 is 4.79 Å². The number of carbonyl (C=O) groups excluding carboxylic acids is 1. The van der Waals surface area contributed by atoms with Crippen LogP contribution in [0.1, 0.15) is 29.9 Å². The average molecular weight is 362 g/mol. The number of aryl methyl sites for hydroxylation is 1. The van der Waals surface area contributed by atoms with Crippen molar-refractivity contribution in [2.24, 2.45) is 5.92 Å². The number of nitrogens with zero attached hydrogens (tertiary/aromatic N) is 1. The number of carbonyl (C=O) groups is 1. The number of amides is 1. The van der Waals surface area contributed by atoms with Crippen molar-refractivity contribution in [2.45, 2.75) is 20.8 Å². The lowest BCUT2D eigenvalue weighted by atomic mass is 10.2. The van der Waals surface area contributed by atoms with Gasteiger partial charge >= 0.3 is 0 Å². The lowest BCUT2D eigenvalue weighted by molar-refractivity contribution is 0.102. The standard InChI is InChI=1S/C17H20BrN3O/c1-11(2)9-19-14-5-7-16(20-10-14)17(22)21-15-6-4-13(18)8-12(15)3/h4-8,10-11,19H,9H2,1-3H3,(H,21,22). The van der Waals surface area contributed by atoms with E-state index in [9.17, 15) is 4.79 Å². The SMILES string of the molecule is Cc1cc(Br)ccc1NC(=O)c1ccc(NCC(C)C)cn1. The lowest BCUT2D eigenvalue weighted by Gasteiger charge is -2.10. The molecule has 0 spiro atoms. The van der Waals surface area contributed by atoms with Crippen LogP contribution in [0.5, 0.6) is 0 Å². The Morgan fingerprint density at radius 3 is 2.64 bits per heavy atom. The van der Waals surface area contributed by atoms with E-state index < -0.39 is 0 Å². The minimum absolute atomic E-state index is 0.208. The van der Waals surface area contributed by atoms with Gasteiger partial charge in [0, 0.05) is 16.7 Å². The van der Waals surface area contributed by atoms with Gasteiger partial charge in [-0.3, -0.25) is 4.79 Å². The van der Waals surface area contributed by atoms with Crippen LogP contribution in [-0.2, 0) is 0 Å².